The van der Waals surface area contributed by atoms with Crippen LogP contribution in [-0.2, 0) is 4.79 Å². The highest BCUT2D eigenvalue weighted by Crippen LogP contribution is 2.35. The van der Waals surface area contributed by atoms with Gasteiger partial charge in [-0.3, -0.25) is 0 Å². The van der Waals surface area contributed by atoms with E-state index in [4.69, 9.17) is 5.11 Å². The van der Waals surface area contributed by atoms with Crippen LogP contribution in [0.1, 0.15) is 96.8 Å². The molecule has 0 aromatic rings. The highest BCUT2D eigenvalue weighted by Gasteiger charge is 2.22. The molecule has 2 aliphatic carbocycles. The third-order valence-electron chi connectivity index (χ3n) is 5.33. The molecule has 2 rings (SSSR count). The van der Waals surface area contributed by atoms with Crippen molar-refractivity contribution in [3.05, 3.63) is 12.2 Å². The lowest BCUT2D eigenvalue weighted by atomic mass is 9.76. The van der Waals surface area contributed by atoms with E-state index in [1.807, 2.05) is 0 Å². The van der Waals surface area contributed by atoms with E-state index in [9.17, 15) is 4.79 Å². The summed E-state index contributed by atoms with van der Waals surface area (Å²) in [5.74, 6) is 1.28. The fourth-order valence-electron chi connectivity index (χ4n) is 3.92. The normalized spacial score (nSPS) is 22.2. The van der Waals surface area contributed by atoms with Gasteiger partial charge in [0.1, 0.15) is 0 Å². The standard InChI is InChI=1S/C16H30.C4H6O2/c1-3-7-11-15(12-8-4-1)16-13-9-5-2-6-10-14-16;1-3(2)4(5)6/h15-16H,1-14H2;1H2,2H3,(H,5,6). The zero-order valence-electron chi connectivity index (χ0n) is 14.6. The van der Waals surface area contributed by atoms with Crippen LogP contribution < -0.4 is 0 Å². The van der Waals surface area contributed by atoms with Crippen molar-refractivity contribution in [3.8, 4) is 0 Å². The van der Waals surface area contributed by atoms with Gasteiger partial charge >= 0.3 is 5.97 Å². The number of hydrogen-bond acceptors (Lipinski definition) is 1. The number of carboxylic acid groups (broad SMARTS) is 1. The third kappa shape index (κ3) is 8.60. The molecule has 1 N–H and O–H groups in total. The highest BCUT2D eigenvalue weighted by molar-refractivity contribution is 5.84. The molecule has 0 spiro atoms. The summed E-state index contributed by atoms with van der Waals surface area (Å²) >= 11 is 0. The van der Waals surface area contributed by atoms with E-state index in [2.05, 4.69) is 6.58 Å². The fourth-order valence-corrected chi connectivity index (χ4v) is 3.92. The average molecular weight is 309 g/mol. The number of hydrogen-bond donors (Lipinski definition) is 1. The Bertz CT molecular complexity index is 274. The molecule has 0 heterocycles. The molecular formula is C20H36O2. The Hall–Kier alpha value is -0.790. The summed E-state index contributed by atoms with van der Waals surface area (Å²) in [6.45, 7) is 4.60. The van der Waals surface area contributed by atoms with Gasteiger partial charge in [-0.05, 0) is 18.8 Å². The zero-order valence-corrected chi connectivity index (χ0v) is 14.6. The van der Waals surface area contributed by atoms with E-state index in [0.29, 0.717) is 0 Å². The minimum absolute atomic E-state index is 0.176. The van der Waals surface area contributed by atoms with Crippen LogP contribution in [-0.4, -0.2) is 11.1 Å². The van der Waals surface area contributed by atoms with Gasteiger partial charge in [-0.1, -0.05) is 96.5 Å². The topological polar surface area (TPSA) is 37.3 Å². The summed E-state index contributed by atoms with van der Waals surface area (Å²) in [6, 6.07) is 0. The smallest absolute Gasteiger partial charge is 0.330 e. The molecule has 0 amide bonds. The zero-order chi connectivity index (χ0) is 16.2. The number of aliphatic carboxylic acids is 1. The van der Waals surface area contributed by atoms with Gasteiger partial charge in [-0.25, -0.2) is 4.79 Å². The summed E-state index contributed by atoms with van der Waals surface area (Å²) in [5, 5.41) is 7.89. The molecule has 2 fully saturated rings. The van der Waals surface area contributed by atoms with Gasteiger partial charge in [0.25, 0.3) is 0 Å². The Kier molecular flexibility index (Phi) is 10.3. The van der Waals surface area contributed by atoms with Crippen molar-refractivity contribution < 1.29 is 9.90 Å². The van der Waals surface area contributed by atoms with Crippen LogP contribution in [0.3, 0.4) is 0 Å². The monoisotopic (exact) mass is 308 g/mol. The Morgan fingerprint density at radius 2 is 0.955 bits per heavy atom. The Morgan fingerprint density at radius 1 is 0.727 bits per heavy atom. The molecule has 0 radical (unpaired) electrons. The second-order valence-electron chi connectivity index (χ2n) is 7.30. The Morgan fingerprint density at radius 3 is 1.18 bits per heavy atom. The summed E-state index contributed by atoms with van der Waals surface area (Å²) < 4.78 is 0. The van der Waals surface area contributed by atoms with E-state index < -0.39 is 5.97 Å². The summed E-state index contributed by atoms with van der Waals surface area (Å²) in [4.78, 5) is 9.60. The first-order chi connectivity index (χ1) is 10.6. The lowest BCUT2D eigenvalue weighted by molar-refractivity contribution is -0.132. The average Bonchev–Trinajstić information content (AvgIpc) is 2.40. The largest absolute Gasteiger partial charge is 0.478 e. The molecule has 2 heteroatoms. The quantitative estimate of drug-likeness (QED) is 0.603. The predicted molar refractivity (Wildman–Crippen MR) is 94.1 cm³/mol. The molecule has 2 saturated carbocycles. The second-order valence-corrected chi connectivity index (χ2v) is 7.30. The van der Waals surface area contributed by atoms with E-state index in [1.165, 1.54) is 71.1 Å². The van der Waals surface area contributed by atoms with Gasteiger partial charge in [0.2, 0.25) is 0 Å². The summed E-state index contributed by atoms with van der Waals surface area (Å²) in [6.07, 6.45) is 21.4. The first-order valence-corrected chi connectivity index (χ1v) is 9.50. The minimum Gasteiger partial charge on any atom is -0.478 e. The lowest BCUT2D eigenvalue weighted by Crippen LogP contribution is -2.17. The van der Waals surface area contributed by atoms with Crippen molar-refractivity contribution in [3.63, 3.8) is 0 Å². The molecule has 22 heavy (non-hydrogen) atoms. The molecule has 2 nitrogen and oxygen atoms in total. The molecule has 0 bridgehead atoms. The molecule has 0 aromatic carbocycles. The second kappa shape index (κ2) is 11.7. The predicted octanol–water partition coefficient (Wildman–Crippen LogP) is 6.35. The van der Waals surface area contributed by atoms with Crippen LogP contribution in [0.2, 0.25) is 0 Å². The SMILES string of the molecule is C1CCCC(C2CCCCCCC2)CCC1.C=C(C)C(=O)O. The Labute approximate surface area is 137 Å². The molecule has 128 valence electrons. The van der Waals surface area contributed by atoms with E-state index in [-0.39, 0.29) is 5.57 Å². The summed E-state index contributed by atoms with van der Waals surface area (Å²) in [5.41, 5.74) is 0.176. The van der Waals surface area contributed by atoms with Crippen molar-refractivity contribution in [2.45, 2.75) is 96.8 Å². The maximum Gasteiger partial charge on any atom is 0.330 e. The molecule has 0 saturated heterocycles. The number of carbonyl (C=O) groups is 1. The minimum atomic E-state index is -0.935. The van der Waals surface area contributed by atoms with Crippen LogP contribution in [0.15, 0.2) is 12.2 Å². The molecule has 0 aromatic heterocycles. The van der Waals surface area contributed by atoms with Crippen molar-refractivity contribution in [1.29, 1.82) is 0 Å². The number of rotatable bonds is 2. The molecule has 0 unspecified atom stereocenters. The molecule has 0 atom stereocenters. The van der Waals surface area contributed by atoms with Crippen LogP contribution in [0.25, 0.3) is 0 Å². The fraction of sp³-hybridized carbons (Fsp3) is 0.850. The maximum atomic E-state index is 9.60. The highest BCUT2D eigenvalue weighted by atomic mass is 16.4. The van der Waals surface area contributed by atoms with Crippen LogP contribution in [0.4, 0.5) is 0 Å². The van der Waals surface area contributed by atoms with Gasteiger partial charge < -0.3 is 5.11 Å². The first-order valence-electron chi connectivity index (χ1n) is 9.50. The van der Waals surface area contributed by atoms with E-state index >= 15 is 0 Å². The van der Waals surface area contributed by atoms with Gasteiger partial charge in [0, 0.05) is 5.57 Å². The van der Waals surface area contributed by atoms with Crippen molar-refractivity contribution in [1.82, 2.24) is 0 Å². The van der Waals surface area contributed by atoms with Crippen molar-refractivity contribution in [2.24, 2.45) is 11.8 Å². The van der Waals surface area contributed by atoms with Gasteiger partial charge in [-0.15, -0.1) is 0 Å². The maximum absolute atomic E-state index is 9.60. The van der Waals surface area contributed by atoms with Crippen LogP contribution in [0, 0.1) is 11.8 Å². The van der Waals surface area contributed by atoms with Crippen LogP contribution >= 0.6 is 0 Å². The van der Waals surface area contributed by atoms with E-state index in [0.717, 1.165) is 11.8 Å². The summed E-state index contributed by atoms with van der Waals surface area (Å²) in [7, 11) is 0. The van der Waals surface area contributed by atoms with Crippen LogP contribution in [0.5, 0.6) is 0 Å². The van der Waals surface area contributed by atoms with Gasteiger partial charge in [0.15, 0.2) is 0 Å². The van der Waals surface area contributed by atoms with E-state index in [1.54, 1.807) is 25.7 Å². The van der Waals surface area contributed by atoms with Gasteiger partial charge in [0.05, 0.1) is 0 Å². The third-order valence-corrected chi connectivity index (χ3v) is 5.33. The van der Waals surface area contributed by atoms with Gasteiger partial charge in [-0.2, -0.15) is 0 Å². The first kappa shape index (κ1) is 19.3. The molecule has 2 aliphatic rings. The molecular weight excluding hydrogens is 272 g/mol. The van der Waals surface area contributed by atoms with Crippen molar-refractivity contribution >= 4 is 5.97 Å². The lowest BCUT2D eigenvalue weighted by Gasteiger charge is -2.30. The Balaban J connectivity index is 0.000000346. The molecule has 0 aliphatic heterocycles. The number of carboxylic acids is 1. The van der Waals surface area contributed by atoms with Crippen molar-refractivity contribution in [2.75, 3.05) is 0 Å².